The van der Waals surface area contributed by atoms with Crippen LogP contribution in [0.3, 0.4) is 0 Å². The van der Waals surface area contributed by atoms with Crippen LogP contribution in [0.5, 0.6) is 0 Å². The number of piperidine rings is 1. The molecule has 0 amide bonds. The van der Waals surface area contributed by atoms with E-state index >= 15 is 0 Å². The molecule has 1 aromatic heterocycles. The highest BCUT2D eigenvalue weighted by Gasteiger charge is 2.41. The van der Waals surface area contributed by atoms with Crippen LogP contribution in [0.4, 0.5) is 14.6 Å². The summed E-state index contributed by atoms with van der Waals surface area (Å²) in [4.78, 5) is 12.4. The molecule has 7 heteroatoms. The average molecular weight is 326 g/mol. The van der Waals surface area contributed by atoms with Gasteiger partial charge in [-0.1, -0.05) is 0 Å². The number of halogens is 2. The van der Waals surface area contributed by atoms with Crippen molar-refractivity contribution in [3.8, 4) is 0 Å². The van der Waals surface area contributed by atoms with Gasteiger partial charge >= 0.3 is 0 Å². The quantitative estimate of drug-likeness (QED) is 0.803. The van der Waals surface area contributed by atoms with Gasteiger partial charge in [0.1, 0.15) is 17.8 Å². The van der Waals surface area contributed by atoms with E-state index in [-0.39, 0.29) is 5.69 Å². The Morgan fingerprint density at radius 1 is 1.30 bits per heavy atom. The third-order valence-corrected chi connectivity index (χ3v) is 5.22. The molecule has 0 aliphatic carbocycles. The van der Waals surface area contributed by atoms with Gasteiger partial charge in [0.15, 0.2) is 0 Å². The highest BCUT2D eigenvalue weighted by molar-refractivity contribution is 5.40. The molecular formula is C16H24F2N4O. The fourth-order valence-electron chi connectivity index (χ4n) is 3.98. The first kappa shape index (κ1) is 16.5. The molecular weight excluding hydrogens is 302 g/mol. The normalized spacial score (nSPS) is 27.6. The van der Waals surface area contributed by atoms with E-state index in [1.54, 1.807) is 7.11 Å². The van der Waals surface area contributed by atoms with Crippen molar-refractivity contribution in [3.05, 3.63) is 18.1 Å². The Kier molecular flexibility index (Phi) is 5.06. The van der Waals surface area contributed by atoms with Crippen molar-refractivity contribution >= 4 is 5.82 Å². The number of methoxy groups -OCH3 is 1. The number of rotatable bonds is 6. The first-order valence-corrected chi connectivity index (χ1v) is 8.17. The maximum absolute atomic E-state index is 12.8. The number of hydrogen-bond acceptors (Lipinski definition) is 5. The lowest BCUT2D eigenvalue weighted by Crippen LogP contribution is -2.50. The number of anilines is 1. The lowest BCUT2D eigenvalue weighted by atomic mass is 9.96. The van der Waals surface area contributed by atoms with Gasteiger partial charge < -0.3 is 9.64 Å². The Labute approximate surface area is 135 Å². The number of ether oxygens (including phenoxy) is 1. The van der Waals surface area contributed by atoms with E-state index in [1.807, 2.05) is 11.9 Å². The molecule has 2 saturated heterocycles. The van der Waals surface area contributed by atoms with E-state index in [2.05, 4.69) is 14.9 Å². The van der Waals surface area contributed by atoms with E-state index in [0.717, 1.165) is 26.0 Å². The van der Waals surface area contributed by atoms with Crippen LogP contribution < -0.4 is 4.90 Å². The minimum Gasteiger partial charge on any atom is -0.383 e. The second kappa shape index (κ2) is 7.05. The van der Waals surface area contributed by atoms with Crippen molar-refractivity contribution in [3.63, 3.8) is 0 Å². The monoisotopic (exact) mass is 326 g/mol. The van der Waals surface area contributed by atoms with Crippen molar-refractivity contribution in [1.82, 2.24) is 14.9 Å². The van der Waals surface area contributed by atoms with Gasteiger partial charge in [-0.2, -0.15) is 0 Å². The van der Waals surface area contributed by atoms with Crippen LogP contribution in [0.25, 0.3) is 0 Å². The highest BCUT2D eigenvalue weighted by atomic mass is 19.3. The number of alkyl halides is 2. The van der Waals surface area contributed by atoms with Crippen LogP contribution in [0.1, 0.15) is 37.8 Å². The number of hydrogen-bond donors (Lipinski definition) is 0. The summed E-state index contributed by atoms with van der Waals surface area (Å²) in [6.45, 7) is 1.74. The summed E-state index contributed by atoms with van der Waals surface area (Å²) >= 11 is 0. The average Bonchev–Trinajstić information content (AvgIpc) is 2.79. The van der Waals surface area contributed by atoms with E-state index < -0.39 is 6.43 Å². The molecule has 2 aliphatic heterocycles. The minimum absolute atomic E-state index is 0.206. The molecule has 0 N–H and O–H groups in total. The van der Waals surface area contributed by atoms with Crippen LogP contribution in [0, 0.1) is 0 Å². The maximum atomic E-state index is 12.8. The first-order valence-electron chi connectivity index (χ1n) is 8.17. The van der Waals surface area contributed by atoms with Crippen molar-refractivity contribution in [2.45, 2.75) is 50.2 Å². The summed E-state index contributed by atoms with van der Waals surface area (Å²) < 4.78 is 30.9. The zero-order valence-corrected chi connectivity index (χ0v) is 13.7. The molecule has 2 unspecified atom stereocenters. The fourth-order valence-corrected chi connectivity index (χ4v) is 3.98. The van der Waals surface area contributed by atoms with Gasteiger partial charge in [0.05, 0.1) is 6.61 Å². The summed E-state index contributed by atoms with van der Waals surface area (Å²) in [6.07, 6.45) is 3.19. The highest BCUT2D eigenvalue weighted by Crippen LogP contribution is 2.38. The lowest BCUT2D eigenvalue weighted by Gasteiger charge is -2.42. The van der Waals surface area contributed by atoms with Gasteiger partial charge in [0.2, 0.25) is 0 Å². The van der Waals surface area contributed by atoms with Gasteiger partial charge in [-0.25, -0.2) is 18.7 Å². The summed E-state index contributed by atoms with van der Waals surface area (Å²) in [5.41, 5.74) is -0.206. The van der Waals surface area contributed by atoms with Gasteiger partial charge in [-0.3, -0.25) is 4.90 Å². The largest absolute Gasteiger partial charge is 0.383 e. The molecule has 1 aromatic rings. The third-order valence-electron chi connectivity index (χ3n) is 5.22. The molecule has 0 radical (unpaired) electrons. The second-order valence-corrected chi connectivity index (χ2v) is 6.45. The van der Waals surface area contributed by atoms with E-state index in [9.17, 15) is 8.78 Å². The molecule has 5 nitrogen and oxygen atoms in total. The zero-order chi connectivity index (χ0) is 16.4. The minimum atomic E-state index is -2.56. The Hall–Kier alpha value is -1.34. The molecule has 2 fully saturated rings. The molecule has 128 valence electrons. The van der Waals surface area contributed by atoms with Crippen molar-refractivity contribution in [2.24, 2.45) is 0 Å². The van der Waals surface area contributed by atoms with Crippen LogP contribution in [-0.2, 0) is 4.74 Å². The molecule has 2 atom stereocenters. The molecule has 2 aliphatic rings. The summed E-state index contributed by atoms with van der Waals surface area (Å²) in [5.74, 6) is 0.588. The molecule has 3 rings (SSSR count). The molecule has 2 bridgehead atoms. The Balaban J connectivity index is 1.68. The smallest absolute Gasteiger partial charge is 0.280 e. The summed E-state index contributed by atoms with van der Waals surface area (Å²) in [7, 11) is 3.69. The summed E-state index contributed by atoms with van der Waals surface area (Å²) in [6, 6.07) is 2.87. The predicted octanol–water partition coefficient (Wildman–Crippen LogP) is 2.49. The van der Waals surface area contributed by atoms with Crippen LogP contribution in [0.15, 0.2) is 12.4 Å². The van der Waals surface area contributed by atoms with Crippen molar-refractivity contribution in [1.29, 1.82) is 0 Å². The standard InChI is InChI=1S/C16H24F2N4O/c1-21(15-9-14(16(17)18)19-10-20-15)13-7-11-3-4-12(8-13)22(11)5-6-23-2/h9-13,16H,3-8H2,1-2H3. The SMILES string of the molecule is COCCN1C2CCC1CC(N(C)c1cc(C(F)F)ncn1)C2. The second-order valence-electron chi connectivity index (χ2n) is 6.45. The van der Waals surface area contributed by atoms with Crippen molar-refractivity contribution in [2.75, 3.05) is 32.2 Å². The maximum Gasteiger partial charge on any atom is 0.280 e. The third kappa shape index (κ3) is 3.45. The Morgan fingerprint density at radius 2 is 2.00 bits per heavy atom. The van der Waals surface area contributed by atoms with E-state index in [1.165, 1.54) is 25.2 Å². The molecule has 23 heavy (non-hydrogen) atoms. The first-order chi connectivity index (χ1) is 11.1. The molecule has 0 spiro atoms. The van der Waals surface area contributed by atoms with Gasteiger partial charge in [-0.05, 0) is 25.7 Å². The molecule has 3 heterocycles. The van der Waals surface area contributed by atoms with Crippen LogP contribution in [0.2, 0.25) is 0 Å². The fraction of sp³-hybridized carbons (Fsp3) is 0.750. The molecule has 0 aromatic carbocycles. The van der Waals surface area contributed by atoms with Gasteiger partial charge in [-0.15, -0.1) is 0 Å². The number of nitrogens with zero attached hydrogens (tertiary/aromatic N) is 4. The zero-order valence-electron chi connectivity index (χ0n) is 13.7. The van der Waals surface area contributed by atoms with Gasteiger partial charge in [0, 0.05) is 44.9 Å². The van der Waals surface area contributed by atoms with Crippen LogP contribution >= 0.6 is 0 Å². The number of aromatic nitrogens is 2. The van der Waals surface area contributed by atoms with Crippen LogP contribution in [-0.4, -0.2) is 60.3 Å². The summed E-state index contributed by atoms with van der Waals surface area (Å²) in [5, 5.41) is 0. The number of fused-ring (bicyclic) bond motifs is 2. The van der Waals surface area contributed by atoms with Crippen molar-refractivity contribution < 1.29 is 13.5 Å². The van der Waals surface area contributed by atoms with Gasteiger partial charge in [0.25, 0.3) is 6.43 Å². The van der Waals surface area contributed by atoms with E-state index in [0.29, 0.717) is 23.9 Å². The lowest BCUT2D eigenvalue weighted by molar-refractivity contribution is 0.0830. The van der Waals surface area contributed by atoms with E-state index in [4.69, 9.17) is 4.74 Å². The topological polar surface area (TPSA) is 41.5 Å². The molecule has 0 saturated carbocycles. The Morgan fingerprint density at radius 3 is 2.61 bits per heavy atom. The Bertz CT molecular complexity index is 517. The predicted molar refractivity (Wildman–Crippen MR) is 83.8 cm³/mol.